The zero-order valence-corrected chi connectivity index (χ0v) is 17.7. The molecule has 3 aromatic rings. The van der Waals surface area contributed by atoms with Crippen LogP contribution in [-0.2, 0) is 11.0 Å². The van der Waals surface area contributed by atoms with Gasteiger partial charge in [-0.3, -0.25) is 9.59 Å². The van der Waals surface area contributed by atoms with E-state index in [1.807, 2.05) is 30.3 Å². The van der Waals surface area contributed by atoms with Crippen molar-refractivity contribution in [2.45, 2.75) is 20.0 Å². The lowest BCUT2D eigenvalue weighted by Gasteiger charge is -2.20. The van der Waals surface area contributed by atoms with Crippen molar-refractivity contribution in [2.75, 3.05) is 18.4 Å². The molecule has 31 heavy (non-hydrogen) atoms. The highest BCUT2D eigenvalue weighted by Crippen LogP contribution is 2.34. The molecule has 2 aromatic carbocycles. The Morgan fingerprint density at radius 3 is 2.35 bits per heavy atom. The first-order valence-electron chi connectivity index (χ1n) is 9.49. The van der Waals surface area contributed by atoms with Gasteiger partial charge in [0.2, 0.25) is 5.91 Å². The zero-order valence-electron chi connectivity index (χ0n) is 16.9. The second-order valence-electron chi connectivity index (χ2n) is 6.71. The second kappa shape index (κ2) is 9.30. The van der Waals surface area contributed by atoms with Gasteiger partial charge in [-0.2, -0.15) is 13.2 Å². The Kier molecular flexibility index (Phi) is 6.74. The number of aryl methyl sites for hydroxylation is 1. The van der Waals surface area contributed by atoms with Gasteiger partial charge in [-0.15, -0.1) is 11.3 Å². The molecule has 0 spiro atoms. The fourth-order valence-electron chi connectivity index (χ4n) is 2.97. The maximum Gasteiger partial charge on any atom is 0.418 e. The maximum atomic E-state index is 13.1. The lowest BCUT2D eigenvalue weighted by atomic mass is 10.1. The fraction of sp³-hybridized carbons (Fsp3) is 0.227. The highest BCUT2D eigenvalue weighted by atomic mass is 32.1. The first kappa shape index (κ1) is 22.5. The van der Waals surface area contributed by atoms with Gasteiger partial charge < -0.3 is 10.2 Å². The molecule has 0 saturated carbocycles. The summed E-state index contributed by atoms with van der Waals surface area (Å²) in [6.45, 7) is 3.25. The van der Waals surface area contributed by atoms with Gasteiger partial charge in [0.05, 0.1) is 16.9 Å². The minimum atomic E-state index is -4.60. The summed E-state index contributed by atoms with van der Waals surface area (Å²) >= 11 is 1.22. The first-order valence-corrected chi connectivity index (χ1v) is 10.3. The van der Waals surface area contributed by atoms with Crippen molar-refractivity contribution in [3.8, 4) is 10.6 Å². The summed E-state index contributed by atoms with van der Waals surface area (Å²) in [5.41, 5.74) is 0.127. The van der Waals surface area contributed by atoms with Gasteiger partial charge in [-0.25, -0.2) is 4.98 Å². The summed E-state index contributed by atoms with van der Waals surface area (Å²) in [7, 11) is 0. The molecule has 1 aromatic heterocycles. The number of likely N-dealkylation sites (N-methyl/N-ethyl adjacent to an activating group) is 1. The molecule has 1 N–H and O–H groups in total. The Morgan fingerprint density at radius 2 is 1.71 bits per heavy atom. The van der Waals surface area contributed by atoms with E-state index in [1.165, 1.54) is 34.4 Å². The van der Waals surface area contributed by atoms with Crippen molar-refractivity contribution in [1.29, 1.82) is 0 Å². The molecule has 0 fully saturated rings. The first-order chi connectivity index (χ1) is 14.7. The number of carbonyl (C=O) groups is 2. The Bertz CT molecular complexity index is 1080. The van der Waals surface area contributed by atoms with E-state index in [2.05, 4.69) is 10.3 Å². The number of anilines is 1. The minimum Gasteiger partial charge on any atom is -0.329 e. The molecule has 0 aliphatic heterocycles. The van der Waals surface area contributed by atoms with Crippen molar-refractivity contribution in [2.24, 2.45) is 0 Å². The predicted molar refractivity (Wildman–Crippen MR) is 114 cm³/mol. The van der Waals surface area contributed by atoms with Crippen LogP contribution in [0.4, 0.5) is 18.9 Å². The average molecular weight is 447 g/mol. The van der Waals surface area contributed by atoms with Crippen molar-refractivity contribution in [3.63, 3.8) is 0 Å². The molecule has 162 valence electrons. The summed E-state index contributed by atoms with van der Waals surface area (Å²) in [6.07, 6.45) is -4.60. The molecule has 0 bridgehead atoms. The maximum absolute atomic E-state index is 13.1. The quantitative estimate of drug-likeness (QED) is 0.562. The number of thiazole rings is 1. The SMILES string of the molecule is CCN(CC(=O)Nc1ccccc1C(F)(F)F)C(=O)c1sc(-c2ccccc2)nc1C. The van der Waals surface area contributed by atoms with Crippen LogP contribution >= 0.6 is 11.3 Å². The summed E-state index contributed by atoms with van der Waals surface area (Å²) in [5, 5.41) is 2.95. The standard InChI is InChI=1S/C22H20F3N3O2S/c1-3-28(13-18(29)27-17-12-8-7-11-16(17)22(23,24)25)21(30)19-14(2)26-20(31-19)15-9-5-4-6-10-15/h4-12H,3,13H2,1-2H3,(H,27,29). The predicted octanol–water partition coefficient (Wildman–Crippen LogP) is 5.24. The molecule has 0 aliphatic rings. The Labute approximate surface area is 181 Å². The van der Waals surface area contributed by atoms with E-state index < -0.39 is 17.6 Å². The van der Waals surface area contributed by atoms with Crippen molar-refractivity contribution < 1.29 is 22.8 Å². The Morgan fingerprint density at radius 1 is 1.06 bits per heavy atom. The van der Waals surface area contributed by atoms with Gasteiger partial charge in [0.25, 0.3) is 5.91 Å². The van der Waals surface area contributed by atoms with Crippen LogP contribution in [0, 0.1) is 6.92 Å². The van der Waals surface area contributed by atoms with Crippen LogP contribution in [-0.4, -0.2) is 34.8 Å². The number of nitrogens with zero attached hydrogens (tertiary/aromatic N) is 2. The van der Waals surface area contributed by atoms with Crippen LogP contribution in [0.25, 0.3) is 10.6 Å². The Hall–Kier alpha value is -3.20. The third kappa shape index (κ3) is 5.29. The van der Waals surface area contributed by atoms with E-state index in [4.69, 9.17) is 0 Å². The number of halogens is 3. The lowest BCUT2D eigenvalue weighted by Crippen LogP contribution is -2.38. The summed E-state index contributed by atoms with van der Waals surface area (Å²) in [5.74, 6) is -1.10. The lowest BCUT2D eigenvalue weighted by molar-refractivity contribution is -0.137. The summed E-state index contributed by atoms with van der Waals surface area (Å²) in [6, 6.07) is 14.1. The van der Waals surface area contributed by atoms with Crippen LogP contribution in [0.1, 0.15) is 27.9 Å². The molecular weight excluding hydrogens is 427 g/mol. The monoisotopic (exact) mass is 447 g/mol. The number of para-hydroxylation sites is 1. The number of benzene rings is 2. The molecule has 1 heterocycles. The fourth-order valence-corrected chi connectivity index (χ4v) is 4.01. The van der Waals surface area contributed by atoms with E-state index in [9.17, 15) is 22.8 Å². The summed E-state index contributed by atoms with van der Waals surface area (Å²) in [4.78, 5) is 31.5. The Balaban J connectivity index is 1.76. The number of hydrogen-bond donors (Lipinski definition) is 1. The van der Waals surface area contributed by atoms with Crippen LogP contribution < -0.4 is 5.32 Å². The van der Waals surface area contributed by atoms with Crippen molar-refractivity contribution >= 4 is 28.8 Å². The minimum absolute atomic E-state index is 0.213. The average Bonchev–Trinajstić information content (AvgIpc) is 3.13. The smallest absolute Gasteiger partial charge is 0.329 e. The normalized spacial score (nSPS) is 11.3. The molecule has 0 radical (unpaired) electrons. The number of hydrogen-bond acceptors (Lipinski definition) is 4. The molecule has 0 saturated heterocycles. The molecule has 9 heteroatoms. The molecule has 5 nitrogen and oxygen atoms in total. The molecule has 2 amide bonds. The van der Waals surface area contributed by atoms with Crippen LogP contribution in [0.15, 0.2) is 54.6 Å². The van der Waals surface area contributed by atoms with Crippen molar-refractivity contribution in [3.05, 3.63) is 70.7 Å². The summed E-state index contributed by atoms with van der Waals surface area (Å²) < 4.78 is 39.4. The van der Waals surface area contributed by atoms with Crippen LogP contribution in [0.5, 0.6) is 0 Å². The molecule has 0 unspecified atom stereocenters. The van der Waals surface area contributed by atoms with Crippen LogP contribution in [0.3, 0.4) is 0 Å². The zero-order chi connectivity index (χ0) is 22.6. The van der Waals surface area contributed by atoms with Gasteiger partial charge in [0, 0.05) is 12.1 Å². The number of alkyl halides is 3. The second-order valence-corrected chi connectivity index (χ2v) is 7.71. The molecule has 0 atom stereocenters. The topological polar surface area (TPSA) is 62.3 Å². The van der Waals surface area contributed by atoms with Gasteiger partial charge in [0.1, 0.15) is 16.4 Å². The number of rotatable bonds is 6. The number of aromatic nitrogens is 1. The van der Waals surface area contributed by atoms with E-state index in [1.54, 1.807) is 13.8 Å². The van der Waals surface area contributed by atoms with Gasteiger partial charge in [-0.05, 0) is 26.0 Å². The number of amides is 2. The van der Waals surface area contributed by atoms with E-state index in [0.717, 1.165) is 11.6 Å². The van der Waals surface area contributed by atoms with Gasteiger partial charge >= 0.3 is 6.18 Å². The van der Waals surface area contributed by atoms with E-state index in [0.29, 0.717) is 15.6 Å². The van der Waals surface area contributed by atoms with E-state index >= 15 is 0 Å². The third-order valence-corrected chi connectivity index (χ3v) is 5.72. The van der Waals surface area contributed by atoms with Gasteiger partial charge in [0.15, 0.2) is 0 Å². The number of carbonyl (C=O) groups excluding carboxylic acids is 2. The van der Waals surface area contributed by atoms with E-state index in [-0.39, 0.29) is 24.7 Å². The largest absolute Gasteiger partial charge is 0.418 e. The molecule has 0 aliphatic carbocycles. The third-order valence-electron chi connectivity index (χ3n) is 4.52. The van der Waals surface area contributed by atoms with Crippen molar-refractivity contribution in [1.82, 2.24) is 9.88 Å². The highest BCUT2D eigenvalue weighted by Gasteiger charge is 2.33. The van der Waals surface area contributed by atoms with Crippen LogP contribution in [0.2, 0.25) is 0 Å². The highest BCUT2D eigenvalue weighted by molar-refractivity contribution is 7.17. The molecule has 3 rings (SSSR count). The van der Waals surface area contributed by atoms with Gasteiger partial charge in [-0.1, -0.05) is 42.5 Å². The number of nitrogens with one attached hydrogen (secondary N) is 1. The molecular formula is C22H20F3N3O2S.